The van der Waals surface area contributed by atoms with Crippen molar-refractivity contribution in [1.82, 2.24) is 15.1 Å². The van der Waals surface area contributed by atoms with Crippen molar-refractivity contribution >= 4 is 18.1 Å². The lowest BCUT2D eigenvalue weighted by atomic mass is 10.0. The molecule has 2 rings (SSSR count). The third-order valence-electron chi connectivity index (χ3n) is 4.85. The molecule has 8 heteroatoms. The first-order chi connectivity index (χ1) is 14.7. The van der Waals surface area contributed by atoms with Gasteiger partial charge in [-0.25, -0.2) is 9.59 Å². The van der Waals surface area contributed by atoms with E-state index >= 15 is 0 Å². The van der Waals surface area contributed by atoms with Crippen LogP contribution in [0, 0.1) is 0 Å². The largest absolute Gasteiger partial charge is 0.445 e. The summed E-state index contributed by atoms with van der Waals surface area (Å²) < 4.78 is 10.6. The number of amides is 3. The lowest BCUT2D eigenvalue weighted by molar-refractivity contribution is -0.129. The summed E-state index contributed by atoms with van der Waals surface area (Å²) in [6, 6.07) is 9.49. The fourth-order valence-electron chi connectivity index (χ4n) is 3.35. The van der Waals surface area contributed by atoms with Crippen molar-refractivity contribution in [3.05, 3.63) is 48.6 Å². The number of rotatable bonds is 7. The van der Waals surface area contributed by atoms with Crippen molar-refractivity contribution in [2.75, 3.05) is 26.2 Å². The van der Waals surface area contributed by atoms with Crippen molar-refractivity contribution < 1.29 is 23.9 Å². The van der Waals surface area contributed by atoms with Gasteiger partial charge in [0.2, 0.25) is 5.91 Å². The fraction of sp³-hybridized carbons (Fsp3) is 0.522. The van der Waals surface area contributed by atoms with E-state index in [1.54, 1.807) is 30.6 Å². The number of nitrogens with one attached hydrogen (secondary N) is 1. The van der Waals surface area contributed by atoms with Crippen LogP contribution in [0.3, 0.4) is 0 Å². The highest BCUT2D eigenvalue weighted by Crippen LogP contribution is 2.18. The van der Waals surface area contributed by atoms with Gasteiger partial charge in [-0.1, -0.05) is 36.9 Å². The lowest BCUT2D eigenvalue weighted by Gasteiger charge is -2.37. The minimum Gasteiger partial charge on any atom is -0.445 e. The van der Waals surface area contributed by atoms with Crippen molar-refractivity contribution in [3.63, 3.8) is 0 Å². The highest BCUT2D eigenvalue weighted by Gasteiger charge is 2.29. The van der Waals surface area contributed by atoms with E-state index in [0.717, 1.165) is 5.56 Å². The van der Waals surface area contributed by atoms with Gasteiger partial charge in [0.05, 0.1) is 0 Å². The van der Waals surface area contributed by atoms with Crippen molar-refractivity contribution in [1.29, 1.82) is 0 Å². The van der Waals surface area contributed by atoms with Gasteiger partial charge in [0.1, 0.15) is 12.2 Å². The summed E-state index contributed by atoms with van der Waals surface area (Å²) in [6.45, 7) is 10.8. The Labute approximate surface area is 184 Å². The molecule has 1 aromatic carbocycles. The van der Waals surface area contributed by atoms with Gasteiger partial charge in [-0.3, -0.25) is 4.79 Å². The van der Waals surface area contributed by atoms with Crippen molar-refractivity contribution in [2.45, 2.75) is 51.9 Å². The highest BCUT2D eigenvalue weighted by molar-refractivity contribution is 5.87. The average Bonchev–Trinajstić information content (AvgIpc) is 2.74. The van der Waals surface area contributed by atoms with Gasteiger partial charge in [0.25, 0.3) is 0 Å². The molecule has 0 radical (unpaired) electrons. The van der Waals surface area contributed by atoms with Crippen LogP contribution in [0.2, 0.25) is 0 Å². The molecule has 1 fully saturated rings. The number of alkyl carbamates (subject to hydrolysis) is 1. The van der Waals surface area contributed by atoms with Gasteiger partial charge in [0, 0.05) is 32.2 Å². The van der Waals surface area contributed by atoms with Crippen LogP contribution >= 0.6 is 0 Å². The highest BCUT2D eigenvalue weighted by atomic mass is 16.6. The van der Waals surface area contributed by atoms with Gasteiger partial charge in [-0.15, -0.1) is 0 Å². The predicted molar refractivity (Wildman–Crippen MR) is 117 cm³/mol. The Balaban J connectivity index is 1.80. The van der Waals surface area contributed by atoms with Crippen molar-refractivity contribution in [2.24, 2.45) is 0 Å². The van der Waals surface area contributed by atoms with Gasteiger partial charge < -0.3 is 24.6 Å². The topological polar surface area (TPSA) is 88.2 Å². The second kappa shape index (κ2) is 11.4. The van der Waals surface area contributed by atoms with Gasteiger partial charge in [0.15, 0.2) is 0 Å². The second-order valence-electron chi connectivity index (χ2n) is 8.42. The quantitative estimate of drug-likeness (QED) is 0.669. The Morgan fingerprint density at radius 2 is 1.84 bits per heavy atom. The molecule has 1 saturated heterocycles. The Kier molecular flexibility index (Phi) is 8.90. The third-order valence-corrected chi connectivity index (χ3v) is 4.85. The zero-order valence-corrected chi connectivity index (χ0v) is 18.6. The first kappa shape index (κ1) is 24.2. The molecular formula is C23H33N3O5. The van der Waals surface area contributed by atoms with E-state index in [0.29, 0.717) is 32.5 Å². The molecule has 0 bridgehead atoms. The van der Waals surface area contributed by atoms with Crippen molar-refractivity contribution in [3.8, 4) is 0 Å². The lowest BCUT2D eigenvalue weighted by Crippen LogP contribution is -2.50. The molecule has 0 unspecified atom stereocenters. The summed E-state index contributed by atoms with van der Waals surface area (Å²) in [4.78, 5) is 39.9. The second-order valence-corrected chi connectivity index (χ2v) is 8.42. The zero-order valence-electron chi connectivity index (χ0n) is 18.6. The molecule has 1 aromatic rings. The SMILES string of the molecule is C=CC(=O)N(CCNC(=O)OC(C)(C)C)C1CCN(C(=O)OCc2ccccc2)CC1. The Morgan fingerprint density at radius 3 is 2.42 bits per heavy atom. The summed E-state index contributed by atoms with van der Waals surface area (Å²) >= 11 is 0. The first-order valence-electron chi connectivity index (χ1n) is 10.5. The van der Waals surface area contributed by atoms with Crippen LogP contribution in [-0.2, 0) is 20.9 Å². The molecule has 170 valence electrons. The number of carbonyl (C=O) groups excluding carboxylic acids is 3. The van der Waals surface area contributed by atoms with Crippen LogP contribution in [0.1, 0.15) is 39.2 Å². The maximum Gasteiger partial charge on any atom is 0.410 e. The van der Waals surface area contributed by atoms with E-state index in [9.17, 15) is 14.4 Å². The minimum atomic E-state index is -0.581. The number of carbonyl (C=O) groups is 3. The number of nitrogens with zero attached hydrogens (tertiary/aromatic N) is 2. The smallest absolute Gasteiger partial charge is 0.410 e. The van der Waals surface area contributed by atoms with E-state index in [1.165, 1.54) is 6.08 Å². The molecule has 3 amide bonds. The van der Waals surface area contributed by atoms with E-state index in [1.807, 2.05) is 30.3 Å². The molecule has 1 heterocycles. The molecular weight excluding hydrogens is 398 g/mol. The normalized spacial score (nSPS) is 14.5. The standard InChI is InChI=1S/C23H33N3O5/c1-5-20(27)26(16-13-24-21(28)31-23(2,3)4)19-11-14-25(15-12-19)22(29)30-17-18-9-7-6-8-10-18/h5-10,19H,1,11-17H2,2-4H3,(H,24,28). The monoisotopic (exact) mass is 431 g/mol. The van der Waals surface area contributed by atoms with E-state index in [4.69, 9.17) is 9.47 Å². The third kappa shape index (κ3) is 8.32. The molecule has 1 N–H and O–H groups in total. The average molecular weight is 432 g/mol. The van der Waals surface area contributed by atoms with Crippen LogP contribution in [0.25, 0.3) is 0 Å². The minimum absolute atomic E-state index is 0.0379. The molecule has 31 heavy (non-hydrogen) atoms. The Hall–Kier alpha value is -3.03. The molecule has 0 spiro atoms. The van der Waals surface area contributed by atoms with Crippen LogP contribution in [-0.4, -0.2) is 65.7 Å². The first-order valence-corrected chi connectivity index (χ1v) is 10.5. The summed E-state index contributed by atoms with van der Waals surface area (Å²) in [6.07, 6.45) is 1.66. The maximum absolute atomic E-state index is 12.3. The molecule has 0 aromatic heterocycles. The number of ether oxygens (including phenoxy) is 2. The number of benzene rings is 1. The molecule has 0 saturated carbocycles. The van der Waals surface area contributed by atoms with Crippen LogP contribution < -0.4 is 5.32 Å². The molecule has 1 aliphatic rings. The predicted octanol–water partition coefficient (Wildman–Crippen LogP) is 3.33. The number of hydrogen-bond acceptors (Lipinski definition) is 5. The molecule has 0 atom stereocenters. The van der Waals surface area contributed by atoms with Crippen LogP contribution in [0.4, 0.5) is 9.59 Å². The molecule has 1 aliphatic heterocycles. The van der Waals surface area contributed by atoms with Gasteiger partial charge >= 0.3 is 12.2 Å². The Bertz CT molecular complexity index is 752. The summed E-state index contributed by atoms with van der Waals surface area (Å²) in [5.74, 6) is -0.198. The fourth-order valence-corrected chi connectivity index (χ4v) is 3.35. The van der Waals surface area contributed by atoms with E-state index in [2.05, 4.69) is 11.9 Å². The summed E-state index contributed by atoms with van der Waals surface area (Å²) in [5, 5.41) is 2.67. The number of piperidine rings is 1. The maximum atomic E-state index is 12.3. The zero-order chi connectivity index (χ0) is 22.9. The summed E-state index contributed by atoms with van der Waals surface area (Å²) in [7, 11) is 0. The molecule has 8 nitrogen and oxygen atoms in total. The Morgan fingerprint density at radius 1 is 1.19 bits per heavy atom. The van der Waals surface area contributed by atoms with Crippen LogP contribution in [0.15, 0.2) is 43.0 Å². The molecule has 0 aliphatic carbocycles. The number of hydrogen-bond donors (Lipinski definition) is 1. The van der Waals surface area contributed by atoms with E-state index < -0.39 is 11.7 Å². The van der Waals surface area contributed by atoms with Gasteiger partial charge in [-0.2, -0.15) is 0 Å². The van der Waals surface area contributed by atoms with Gasteiger partial charge in [-0.05, 0) is 45.3 Å². The number of likely N-dealkylation sites (tertiary alicyclic amines) is 1. The van der Waals surface area contributed by atoms with Crippen LogP contribution in [0.5, 0.6) is 0 Å². The summed E-state index contributed by atoms with van der Waals surface area (Å²) in [5.41, 5.74) is 0.355. The van der Waals surface area contributed by atoms with E-state index in [-0.39, 0.29) is 31.2 Å².